The van der Waals surface area contributed by atoms with Crippen molar-refractivity contribution >= 4 is 40.7 Å². The minimum Gasteiger partial charge on any atom is -0.452 e. The van der Waals surface area contributed by atoms with E-state index in [0.29, 0.717) is 19.4 Å². The van der Waals surface area contributed by atoms with E-state index in [9.17, 15) is 19.2 Å². The molecule has 1 aromatic carbocycles. The highest BCUT2D eigenvalue weighted by Crippen LogP contribution is 2.20. The maximum absolute atomic E-state index is 13.1. The van der Waals surface area contributed by atoms with Crippen LogP contribution in [0.4, 0.5) is 0 Å². The average molecular weight is 538 g/mol. The number of fused-ring (bicyclic) bond motifs is 1. The summed E-state index contributed by atoms with van der Waals surface area (Å²) in [6, 6.07) is 8.12. The van der Waals surface area contributed by atoms with Crippen LogP contribution in [0.5, 0.6) is 0 Å². The quantitative estimate of drug-likeness (QED) is 0.419. The summed E-state index contributed by atoms with van der Waals surface area (Å²) in [7, 11) is 0. The number of carbonyl (C=O) groups is 4. The number of aromatic nitrogens is 1. The molecule has 1 aliphatic rings. The molecule has 2 heterocycles. The molecule has 0 bridgehead atoms. The lowest BCUT2D eigenvalue weighted by molar-refractivity contribution is -0.157. The Morgan fingerprint density at radius 2 is 1.82 bits per heavy atom. The Morgan fingerprint density at radius 1 is 1.10 bits per heavy atom. The van der Waals surface area contributed by atoms with Gasteiger partial charge in [-0.15, -0.1) is 0 Å². The van der Waals surface area contributed by atoms with Gasteiger partial charge in [-0.3, -0.25) is 29.2 Å². The second-order valence-corrected chi connectivity index (χ2v) is 10.2. The summed E-state index contributed by atoms with van der Waals surface area (Å²) >= 11 is 0. The number of benzene rings is 1. The van der Waals surface area contributed by atoms with Crippen LogP contribution in [0.15, 0.2) is 36.4 Å². The zero-order chi connectivity index (χ0) is 28.7. The number of hydrogen-bond donors (Lipinski definition) is 3. The van der Waals surface area contributed by atoms with Gasteiger partial charge in [0, 0.05) is 18.9 Å². The maximum Gasteiger partial charge on any atom is 0.303 e. The summed E-state index contributed by atoms with van der Waals surface area (Å²) in [5, 5.41) is 8.02. The topological polar surface area (TPSA) is 130 Å². The Kier molecular flexibility index (Phi) is 10.2. The van der Waals surface area contributed by atoms with E-state index in [0.717, 1.165) is 22.2 Å². The zero-order valence-electron chi connectivity index (χ0n) is 23.5. The van der Waals surface area contributed by atoms with Gasteiger partial charge in [-0.05, 0) is 57.2 Å². The SMILES string of the molecule is C/C=C/c1ccc2ccc([C@@H](C)NC(=O)[C@@H]3CCCN(C(=O)[C@H](C)NC(=O)[C@@H](OC(C)=O)C(C)C)N3)nc2c1. The third-order valence-corrected chi connectivity index (χ3v) is 6.55. The van der Waals surface area contributed by atoms with E-state index in [2.05, 4.69) is 16.1 Å². The van der Waals surface area contributed by atoms with E-state index in [1.807, 2.05) is 56.3 Å². The van der Waals surface area contributed by atoms with Crippen LogP contribution in [0.3, 0.4) is 0 Å². The fourth-order valence-electron chi connectivity index (χ4n) is 4.47. The molecular weight excluding hydrogens is 498 g/mol. The Morgan fingerprint density at radius 3 is 2.49 bits per heavy atom. The summed E-state index contributed by atoms with van der Waals surface area (Å²) in [6.07, 6.45) is 4.17. The number of esters is 1. The van der Waals surface area contributed by atoms with E-state index in [1.54, 1.807) is 20.8 Å². The highest BCUT2D eigenvalue weighted by molar-refractivity contribution is 5.90. The molecule has 1 aliphatic heterocycles. The van der Waals surface area contributed by atoms with Crippen molar-refractivity contribution in [1.82, 2.24) is 26.1 Å². The second kappa shape index (κ2) is 13.3. The number of nitrogens with one attached hydrogen (secondary N) is 3. The molecule has 1 aromatic heterocycles. The van der Waals surface area contributed by atoms with Gasteiger partial charge in [0.05, 0.1) is 17.3 Å². The third kappa shape index (κ3) is 7.86. The largest absolute Gasteiger partial charge is 0.452 e. The van der Waals surface area contributed by atoms with Crippen LogP contribution in [0.25, 0.3) is 17.0 Å². The van der Waals surface area contributed by atoms with Crippen molar-refractivity contribution in [3.63, 3.8) is 0 Å². The van der Waals surface area contributed by atoms with Gasteiger partial charge in [-0.1, -0.05) is 44.2 Å². The normalized spacial score (nSPS) is 18.0. The van der Waals surface area contributed by atoms with Crippen LogP contribution < -0.4 is 16.1 Å². The number of hydrogen-bond acceptors (Lipinski definition) is 7. The van der Waals surface area contributed by atoms with Gasteiger partial charge in [0.1, 0.15) is 12.1 Å². The maximum atomic E-state index is 13.1. The van der Waals surface area contributed by atoms with E-state index in [4.69, 9.17) is 9.72 Å². The highest BCUT2D eigenvalue weighted by atomic mass is 16.5. The lowest BCUT2D eigenvalue weighted by Crippen LogP contribution is -2.61. The number of hydrazine groups is 1. The predicted octanol–water partition coefficient (Wildman–Crippen LogP) is 3.03. The molecule has 0 aliphatic carbocycles. The Hall–Kier alpha value is -3.79. The fourth-order valence-corrected chi connectivity index (χ4v) is 4.47. The minimum absolute atomic E-state index is 0.240. The Labute approximate surface area is 229 Å². The van der Waals surface area contributed by atoms with Crippen LogP contribution >= 0.6 is 0 Å². The summed E-state index contributed by atoms with van der Waals surface area (Å²) in [5.74, 6) is -1.99. The minimum atomic E-state index is -0.995. The fraction of sp³-hybridized carbons (Fsp3) is 0.483. The number of rotatable bonds is 9. The smallest absolute Gasteiger partial charge is 0.303 e. The van der Waals surface area contributed by atoms with Gasteiger partial charge in [0.15, 0.2) is 6.10 Å². The van der Waals surface area contributed by atoms with Gasteiger partial charge >= 0.3 is 5.97 Å². The first-order valence-electron chi connectivity index (χ1n) is 13.4. The molecule has 1 fully saturated rings. The van der Waals surface area contributed by atoms with Crippen molar-refractivity contribution in [1.29, 1.82) is 0 Å². The number of ether oxygens (including phenoxy) is 1. The van der Waals surface area contributed by atoms with Crippen LogP contribution in [0.1, 0.15) is 71.7 Å². The molecule has 3 N–H and O–H groups in total. The van der Waals surface area contributed by atoms with E-state index in [-0.39, 0.29) is 23.8 Å². The lowest BCUT2D eigenvalue weighted by atomic mass is 10.1. The standard InChI is InChI=1S/C29H39N5O5/c1-7-9-21-11-12-22-13-14-23(32-25(22)16-21)18(4)30-27(36)24-10-8-15-34(33-24)29(38)19(5)31-28(37)26(17(2)3)39-20(6)35/h7,9,11-14,16-19,24,26,33H,8,10,15H2,1-6H3,(H,30,36)(H,31,37)/b9-7+/t18-,19+,24+,26+/m1/s1. The van der Waals surface area contributed by atoms with Crippen molar-refractivity contribution in [2.45, 2.75) is 78.6 Å². The molecule has 0 unspecified atom stereocenters. The van der Waals surface area contributed by atoms with Gasteiger partial charge in [0.2, 0.25) is 5.91 Å². The van der Waals surface area contributed by atoms with Gasteiger partial charge in [-0.2, -0.15) is 0 Å². The molecule has 0 spiro atoms. The predicted molar refractivity (Wildman–Crippen MR) is 149 cm³/mol. The van der Waals surface area contributed by atoms with Crippen LogP contribution in [-0.2, 0) is 23.9 Å². The Balaban J connectivity index is 1.61. The van der Waals surface area contributed by atoms with Crippen molar-refractivity contribution in [3.8, 4) is 0 Å². The first-order chi connectivity index (χ1) is 18.5. The zero-order valence-corrected chi connectivity index (χ0v) is 23.5. The average Bonchev–Trinajstić information content (AvgIpc) is 2.90. The second-order valence-electron chi connectivity index (χ2n) is 10.2. The van der Waals surface area contributed by atoms with Crippen LogP contribution in [0.2, 0.25) is 0 Å². The molecule has 0 radical (unpaired) electrons. The van der Waals surface area contributed by atoms with Crippen molar-refractivity contribution in [2.24, 2.45) is 5.92 Å². The first-order valence-corrected chi connectivity index (χ1v) is 13.4. The van der Waals surface area contributed by atoms with Crippen molar-refractivity contribution in [2.75, 3.05) is 6.54 Å². The van der Waals surface area contributed by atoms with E-state index >= 15 is 0 Å². The molecule has 10 nitrogen and oxygen atoms in total. The molecule has 10 heteroatoms. The van der Waals surface area contributed by atoms with Crippen LogP contribution in [0, 0.1) is 5.92 Å². The van der Waals surface area contributed by atoms with Crippen molar-refractivity contribution in [3.05, 3.63) is 47.7 Å². The lowest BCUT2D eigenvalue weighted by Gasteiger charge is -2.35. The molecular formula is C29H39N5O5. The van der Waals surface area contributed by atoms with Gasteiger partial charge in [-0.25, -0.2) is 5.43 Å². The molecule has 3 amide bonds. The molecule has 2 aromatic rings. The number of pyridine rings is 1. The number of carbonyl (C=O) groups excluding carboxylic acids is 4. The summed E-state index contributed by atoms with van der Waals surface area (Å²) < 4.78 is 5.11. The van der Waals surface area contributed by atoms with Gasteiger partial charge in [0.25, 0.3) is 11.8 Å². The summed E-state index contributed by atoms with van der Waals surface area (Å²) in [5.41, 5.74) is 5.65. The molecule has 1 saturated heterocycles. The van der Waals surface area contributed by atoms with Crippen molar-refractivity contribution < 1.29 is 23.9 Å². The van der Waals surface area contributed by atoms with Gasteiger partial charge < -0.3 is 15.4 Å². The molecule has 0 saturated carbocycles. The molecule has 39 heavy (non-hydrogen) atoms. The first kappa shape index (κ1) is 29.8. The molecule has 3 rings (SSSR count). The number of amides is 3. The molecule has 4 atom stereocenters. The third-order valence-electron chi connectivity index (χ3n) is 6.55. The number of nitrogens with zero attached hydrogens (tertiary/aromatic N) is 2. The van der Waals surface area contributed by atoms with Crippen LogP contribution in [-0.4, -0.2) is 58.4 Å². The van der Waals surface area contributed by atoms with E-state index < -0.39 is 30.1 Å². The summed E-state index contributed by atoms with van der Waals surface area (Å²) in [4.78, 5) is 54.9. The number of allylic oxidation sites excluding steroid dienone is 1. The van der Waals surface area contributed by atoms with E-state index in [1.165, 1.54) is 11.9 Å². The summed E-state index contributed by atoms with van der Waals surface area (Å²) in [6.45, 7) is 10.5. The highest BCUT2D eigenvalue weighted by Gasteiger charge is 2.33. The monoisotopic (exact) mass is 537 g/mol. The Bertz CT molecular complexity index is 1240. The molecule has 210 valence electrons.